The molecule has 2 rings (SSSR count). The average Bonchev–Trinajstić information content (AvgIpc) is 2.59. The van der Waals surface area contributed by atoms with E-state index in [1.807, 2.05) is 33.1 Å². The fourth-order valence-electron chi connectivity index (χ4n) is 2.83. The molecule has 1 fully saturated rings. The fraction of sp³-hybridized carbons (Fsp3) is 0.533. The minimum absolute atomic E-state index is 0.328. The van der Waals surface area contributed by atoms with Crippen molar-refractivity contribution in [3.8, 4) is 0 Å². The molecule has 18 heavy (non-hydrogen) atoms. The molecule has 0 radical (unpaired) electrons. The van der Waals surface area contributed by atoms with E-state index in [0.29, 0.717) is 18.1 Å². The molecule has 0 N–H and O–H groups in total. The van der Waals surface area contributed by atoms with E-state index in [0.717, 1.165) is 18.4 Å². The Labute approximate surface area is 109 Å². The van der Waals surface area contributed by atoms with Gasteiger partial charge in [-0.25, -0.2) is 0 Å². The van der Waals surface area contributed by atoms with Crippen LogP contribution in [0.4, 0.5) is 0 Å². The van der Waals surface area contributed by atoms with Gasteiger partial charge in [-0.15, -0.1) is 0 Å². The normalized spacial score (nSPS) is 27.4. The zero-order valence-electron chi connectivity index (χ0n) is 11.7. The SMILES string of the molecule is CN(C)C=C1C=C2C(=O)CCC2C(=CN(C)C)C1. The predicted octanol–water partition coefficient (Wildman–Crippen LogP) is 2.19. The molecule has 0 spiro atoms. The number of fused-ring (bicyclic) bond motifs is 1. The van der Waals surface area contributed by atoms with E-state index >= 15 is 0 Å². The van der Waals surface area contributed by atoms with Crippen LogP contribution in [0.2, 0.25) is 0 Å². The lowest BCUT2D eigenvalue weighted by atomic mass is 9.83. The molecule has 0 aromatic heterocycles. The second kappa shape index (κ2) is 5.01. The number of rotatable bonds is 2. The van der Waals surface area contributed by atoms with Crippen molar-refractivity contribution in [3.05, 3.63) is 35.2 Å². The van der Waals surface area contributed by atoms with Gasteiger partial charge in [-0.1, -0.05) is 0 Å². The molecule has 0 aromatic rings. The molecule has 0 bridgehead atoms. The lowest BCUT2D eigenvalue weighted by molar-refractivity contribution is -0.114. The highest BCUT2D eigenvalue weighted by molar-refractivity contribution is 5.99. The van der Waals surface area contributed by atoms with E-state index in [4.69, 9.17) is 0 Å². The molecule has 3 heteroatoms. The number of ketones is 1. The molecule has 3 nitrogen and oxygen atoms in total. The molecule has 0 heterocycles. The third kappa shape index (κ3) is 2.66. The van der Waals surface area contributed by atoms with Crippen molar-refractivity contribution < 1.29 is 4.79 Å². The van der Waals surface area contributed by atoms with Crippen molar-refractivity contribution in [2.75, 3.05) is 28.2 Å². The van der Waals surface area contributed by atoms with E-state index in [9.17, 15) is 4.79 Å². The highest BCUT2D eigenvalue weighted by atomic mass is 16.1. The zero-order chi connectivity index (χ0) is 13.3. The third-order valence-corrected chi connectivity index (χ3v) is 3.40. The van der Waals surface area contributed by atoms with Gasteiger partial charge in [0.25, 0.3) is 0 Å². The van der Waals surface area contributed by atoms with Gasteiger partial charge in [-0.3, -0.25) is 4.79 Å². The molecule has 0 saturated heterocycles. The van der Waals surface area contributed by atoms with Gasteiger partial charge in [-0.05, 0) is 36.3 Å². The molecule has 2 aliphatic rings. The van der Waals surface area contributed by atoms with Crippen LogP contribution in [0.5, 0.6) is 0 Å². The van der Waals surface area contributed by atoms with E-state index in [1.165, 1.54) is 11.1 Å². The monoisotopic (exact) mass is 246 g/mol. The minimum Gasteiger partial charge on any atom is -0.383 e. The Morgan fingerprint density at radius 1 is 1.17 bits per heavy atom. The van der Waals surface area contributed by atoms with Crippen molar-refractivity contribution >= 4 is 5.78 Å². The largest absolute Gasteiger partial charge is 0.383 e. The van der Waals surface area contributed by atoms with Gasteiger partial charge >= 0.3 is 0 Å². The van der Waals surface area contributed by atoms with Crippen LogP contribution >= 0.6 is 0 Å². The van der Waals surface area contributed by atoms with Crippen LogP contribution in [-0.2, 0) is 4.79 Å². The molecule has 1 atom stereocenters. The molecule has 0 aliphatic heterocycles. The number of hydrogen-bond donors (Lipinski definition) is 0. The molecular formula is C15H22N2O. The smallest absolute Gasteiger partial charge is 0.159 e. The summed E-state index contributed by atoms with van der Waals surface area (Å²) < 4.78 is 0. The Morgan fingerprint density at radius 2 is 1.83 bits per heavy atom. The number of Topliss-reactive ketones (excluding diaryl/α,β-unsaturated/α-hetero) is 1. The Balaban J connectivity index is 2.38. The number of nitrogens with zero attached hydrogens (tertiary/aromatic N) is 2. The van der Waals surface area contributed by atoms with E-state index < -0.39 is 0 Å². The maximum atomic E-state index is 11.9. The van der Waals surface area contributed by atoms with E-state index in [2.05, 4.69) is 23.4 Å². The maximum absolute atomic E-state index is 11.9. The summed E-state index contributed by atoms with van der Waals surface area (Å²) in [7, 11) is 8.11. The van der Waals surface area contributed by atoms with Crippen molar-refractivity contribution in [1.82, 2.24) is 9.80 Å². The van der Waals surface area contributed by atoms with E-state index in [1.54, 1.807) is 0 Å². The standard InChI is InChI=1S/C15H22N2O/c1-16(2)9-11-7-12(10-17(3)4)13-5-6-15(18)14(13)8-11/h8-10,13H,5-7H2,1-4H3. The highest BCUT2D eigenvalue weighted by Crippen LogP contribution is 2.41. The predicted molar refractivity (Wildman–Crippen MR) is 74.0 cm³/mol. The lowest BCUT2D eigenvalue weighted by Gasteiger charge is -2.25. The van der Waals surface area contributed by atoms with Gasteiger partial charge < -0.3 is 9.80 Å². The van der Waals surface area contributed by atoms with Crippen LogP contribution < -0.4 is 0 Å². The number of carbonyl (C=O) groups excluding carboxylic acids is 1. The van der Waals surface area contributed by atoms with Crippen LogP contribution in [-0.4, -0.2) is 43.8 Å². The van der Waals surface area contributed by atoms with E-state index in [-0.39, 0.29) is 0 Å². The topological polar surface area (TPSA) is 23.6 Å². The summed E-state index contributed by atoms with van der Waals surface area (Å²) in [6.45, 7) is 0. The summed E-state index contributed by atoms with van der Waals surface area (Å²) in [6.07, 6.45) is 9.04. The Kier molecular flexibility index (Phi) is 3.60. The number of carbonyl (C=O) groups is 1. The van der Waals surface area contributed by atoms with Gasteiger partial charge in [-0.2, -0.15) is 0 Å². The summed E-state index contributed by atoms with van der Waals surface area (Å²) in [4.78, 5) is 16.0. The van der Waals surface area contributed by atoms with Gasteiger partial charge in [0.15, 0.2) is 5.78 Å². The Morgan fingerprint density at radius 3 is 2.44 bits per heavy atom. The Hall–Kier alpha value is -1.51. The second-order valence-corrected chi connectivity index (χ2v) is 5.63. The summed E-state index contributed by atoms with van der Waals surface area (Å²) in [5.74, 6) is 0.688. The van der Waals surface area contributed by atoms with Crippen LogP contribution in [0.1, 0.15) is 19.3 Å². The molecule has 2 aliphatic carbocycles. The molecule has 98 valence electrons. The van der Waals surface area contributed by atoms with Crippen molar-refractivity contribution in [2.24, 2.45) is 5.92 Å². The minimum atomic E-state index is 0.328. The van der Waals surface area contributed by atoms with Crippen LogP contribution in [0.3, 0.4) is 0 Å². The quantitative estimate of drug-likeness (QED) is 0.746. The van der Waals surface area contributed by atoms with Gasteiger partial charge in [0.2, 0.25) is 0 Å². The zero-order valence-corrected chi connectivity index (χ0v) is 11.7. The fourth-order valence-corrected chi connectivity index (χ4v) is 2.83. The Bertz CT molecular complexity index is 441. The number of allylic oxidation sites excluding steroid dienone is 4. The van der Waals surface area contributed by atoms with Gasteiger partial charge in [0.05, 0.1) is 0 Å². The van der Waals surface area contributed by atoms with Crippen molar-refractivity contribution in [2.45, 2.75) is 19.3 Å². The molecule has 0 aromatic carbocycles. The molecule has 1 unspecified atom stereocenters. The summed E-state index contributed by atoms with van der Waals surface area (Å²) >= 11 is 0. The average molecular weight is 246 g/mol. The summed E-state index contributed by atoms with van der Waals surface area (Å²) in [5.41, 5.74) is 3.62. The maximum Gasteiger partial charge on any atom is 0.159 e. The second-order valence-electron chi connectivity index (χ2n) is 5.63. The summed E-state index contributed by atoms with van der Waals surface area (Å²) in [6, 6.07) is 0. The lowest BCUT2D eigenvalue weighted by Crippen LogP contribution is -2.16. The van der Waals surface area contributed by atoms with Gasteiger partial charge in [0.1, 0.15) is 0 Å². The first-order valence-corrected chi connectivity index (χ1v) is 6.46. The molecule has 0 amide bonds. The van der Waals surface area contributed by atoms with Crippen molar-refractivity contribution in [3.63, 3.8) is 0 Å². The first-order chi connectivity index (χ1) is 8.47. The van der Waals surface area contributed by atoms with Crippen molar-refractivity contribution in [1.29, 1.82) is 0 Å². The van der Waals surface area contributed by atoms with Gasteiger partial charge in [0, 0.05) is 52.3 Å². The highest BCUT2D eigenvalue weighted by Gasteiger charge is 2.34. The molecule has 1 saturated carbocycles. The first-order valence-electron chi connectivity index (χ1n) is 6.46. The van der Waals surface area contributed by atoms with Crippen LogP contribution in [0, 0.1) is 5.92 Å². The van der Waals surface area contributed by atoms with Crippen LogP contribution in [0.25, 0.3) is 0 Å². The first kappa shape index (κ1) is 12.9. The van der Waals surface area contributed by atoms with Crippen LogP contribution in [0.15, 0.2) is 35.2 Å². The molecular weight excluding hydrogens is 224 g/mol. The third-order valence-electron chi connectivity index (χ3n) is 3.40. The summed E-state index contributed by atoms with van der Waals surface area (Å²) in [5, 5.41) is 0. The number of hydrogen-bond acceptors (Lipinski definition) is 3.